The average molecular weight is 256 g/mol. The lowest BCUT2D eigenvalue weighted by molar-refractivity contribution is -0.147. The number of hydrogen-bond donors (Lipinski definition) is 1. The van der Waals surface area contributed by atoms with E-state index in [1.54, 1.807) is 18.0 Å². The molecule has 0 spiro atoms. The first-order valence-electron chi connectivity index (χ1n) is 6.05. The van der Waals surface area contributed by atoms with Gasteiger partial charge in [0, 0.05) is 19.1 Å². The monoisotopic (exact) mass is 256 g/mol. The molecule has 5 nitrogen and oxygen atoms in total. The minimum atomic E-state index is -0.429. The standard InChI is InChI=1S/C13H24N2O3/c1-6-7-11(8-12(16)18-5)13(17)15(4)10(3)9(2)14/h6,9-11H,1,7-8,14H2,2-5H3/t9-,10-,11+/m0/s1. The van der Waals surface area contributed by atoms with Crippen molar-refractivity contribution in [2.24, 2.45) is 11.7 Å². The Morgan fingerprint density at radius 2 is 2.00 bits per heavy atom. The lowest BCUT2D eigenvalue weighted by atomic mass is 9.98. The van der Waals surface area contributed by atoms with Crippen LogP contribution in [-0.2, 0) is 14.3 Å². The zero-order valence-electron chi connectivity index (χ0n) is 11.7. The number of rotatable bonds is 7. The molecule has 0 fully saturated rings. The third-order valence-electron chi connectivity index (χ3n) is 3.16. The van der Waals surface area contributed by atoms with Crippen LogP contribution in [0.25, 0.3) is 0 Å². The first kappa shape index (κ1) is 16.6. The molecule has 0 saturated carbocycles. The molecular formula is C13H24N2O3. The summed E-state index contributed by atoms with van der Waals surface area (Å²) in [5.74, 6) is -0.928. The van der Waals surface area contributed by atoms with Crippen molar-refractivity contribution >= 4 is 11.9 Å². The lowest BCUT2D eigenvalue weighted by Crippen LogP contribution is -2.47. The van der Waals surface area contributed by atoms with E-state index in [2.05, 4.69) is 11.3 Å². The van der Waals surface area contributed by atoms with Crippen LogP contribution in [0.4, 0.5) is 0 Å². The van der Waals surface area contributed by atoms with E-state index in [1.165, 1.54) is 7.11 Å². The van der Waals surface area contributed by atoms with Gasteiger partial charge in [0.25, 0.3) is 0 Å². The Labute approximate surface area is 109 Å². The van der Waals surface area contributed by atoms with Crippen molar-refractivity contribution in [1.82, 2.24) is 4.90 Å². The van der Waals surface area contributed by atoms with E-state index < -0.39 is 11.9 Å². The van der Waals surface area contributed by atoms with Crippen LogP contribution in [0.5, 0.6) is 0 Å². The SMILES string of the molecule is C=CC[C@H](CC(=O)OC)C(=O)N(C)[C@@H](C)[C@H](C)N. The van der Waals surface area contributed by atoms with E-state index in [4.69, 9.17) is 5.73 Å². The van der Waals surface area contributed by atoms with Crippen LogP contribution >= 0.6 is 0 Å². The van der Waals surface area contributed by atoms with Gasteiger partial charge in [-0.3, -0.25) is 9.59 Å². The molecule has 0 aromatic heterocycles. The van der Waals surface area contributed by atoms with Gasteiger partial charge in [0.2, 0.25) is 5.91 Å². The van der Waals surface area contributed by atoms with Gasteiger partial charge in [-0.1, -0.05) is 6.08 Å². The number of nitrogens with zero attached hydrogens (tertiary/aromatic N) is 1. The molecule has 0 unspecified atom stereocenters. The summed E-state index contributed by atoms with van der Waals surface area (Å²) in [4.78, 5) is 25.1. The van der Waals surface area contributed by atoms with E-state index >= 15 is 0 Å². The Morgan fingerprint density at radius 1 is 1.44 bits per heavy atom. The predicted octanol–water partition coefficient (Wildman–Crippen LogP) is 0.936. The largest absolute Gasteiger partial charge is 0.469 e. The Balaban J connectivity index is 4.74. The second-order valence-corrected chi connectivity index (χ2v) is 4.55. The number of ether oxygens (including phenoxy) is 1. The second kappa shape index (κ2) is 7.87. The molecule has 0 aliphatic heterocycles. The van der Waals surface area contributed by atoms with Gasteiger partial charge in [-0.25, -0.2) is 0 Å². The van der Waals surface area contributed by atoms with Gasteiger partial charge >= 0.3 is 5.97 Å². The van der Waals surface area contributed by atoms with Crippen LogP contribution in [0.2, 0.25) is 0 Å². The molecule has 5 heteroatoms. The van der Waals surface area contributed by atoms with Gasteiger partial charge in [-0.2, -0.15) is 0 Å². The lowest BCUT2D eigenvalue weighted by Gasteiger charge is -2.30. The highest BCUT2D eigenvalue weighted by Gasteiger charge is 2.27. The highest BCUT2D eigenvalue weighted by atomic mass is 16.5. The molecule has 2 N–H and O–H groups in total. The summed E-state index contributed by atoms with van der Waals surface area (Å²) in [6.07, 6.45) is 2.15. The van der Waals surface area contributed by atoms with Crippen molar-refractivity contribution in [2.75, 3.05) is 14.2 Å². The van der Waals surface area contributed by atoms with Crippen LogP contribution in [-0.4, -0.2) is 43.0 Å². The summed E-state index contributed by atoms with van der Waals surface area (Å²) in [6.45, 7) is 7.33. The summed E-state index contributed by atoms with van der Waals surface area (Å²) >= 11 is 0. The summed E-state index contributed by atoms with van der Waals surface area (Å²) in [5.41, 5.74) is 5.77. The van der Waals surface area contributed by atoms with Crippen LogP contribution < -0.4 is 5.73 Å². The minimum Gasteiger partial charge on any atom is -0.469 e. The van der Waals surface area contributed by atoms with Crippen LogP contribution in [0.1, 0.15) is 26.7 Å². The quantitative estimate of drug-likeness (QED) is 0.543. The third-order valence-corrected chi connectivity index (χ3v) is 3.16. The number of methoxy groups -OCH3 is 1. The first-order chi connectivity index (χ1) is 8.34. The van der Waals surface area contributed by atoms with E-state index in [1.807, 2.05) is 13.8 Å². The van der Waals surface area contributed by atoms with Crippen molar-refractivity contribution < 1.29 is 14.3 Å². The predicted molar refractivity (Wildman–Crippen MR) is 70.8 cm³/mol. The molecule has 0 bridgehead atoms. The van der Waals surface area contributed by atoms with Crippen molar-refractivity contribution in [1.29, 1.82) is 0 Å². The van der Waals surface area contributed by atoms with Gasteiger partial charge in [-0.15, -0.1) is 6.58 Å². The topological polar surface area (TPSA) is 72.6 Å². The number of esters is 1. The molecule has 1 amide bonds. The Kier molecular flexibility index (Phi) is 7.27. The van der Waals surface area contributed by atoms with Crippen molar-refractivity contribution in [3.05, 3.63) is 12.7 Å². The third kappa shape index (κ3) is 4.87. The molecule has 18 heavy (non-hydrogen) atoms. The van der Waals surface area contributed by atoms with Crippen LogP contribution in [0.15, 0.2) is 12.7 Å². The molecule has 0 aromatic rings. The second-order valence-electron chi connectivity index (χ2n) is 4.55. The zero-order valence-corrected chi connectivity index (χ0v) is 11.7. The Hall–Kier alpha value is -1.36. The highest BCUT2D eigenvalue weighted by molar-refractivity contribution is 5.84. The van der Waals surface area contributed by atoms with E-state index in [9.17, 15) is 9.59 Å². The number of likely N-dealkylation sites (N-methyl/N-ethyl adjacent to an activating group) is 1. The van der Waals surface area contributed by atoms with E-state index in [-0.39, 0.29) is 24.4 Å². The number of carbonyl (C=O) groups is 2. The normalized spacial score (nSPS) is 15.4. The highest BCUT2D eigenvalue weighted by Crippen LogP contribution is 2.15. The zero-order chi connectivity index (χ0) is 14.3. The van der Waals surface area contributed by atoms with E-state index in [0.717, 1.165) is 0 Å². The molecule has 0 heterocycles. The van der Waals surface area contributed by atoms with Gasteiger partial charge in [0.15, 0.2) is 0 Å². The number of amides is 1. The first-order valence-corrected chi connectivity index (χ1v) is 6.05. The summed E-state index contributed by atoms with van der Waals surface area (Å²) < 4.78 is 4.60. The van der Waals surface area contributed by atoms with Gasteiger partial charge in [0.1, 0.15) is 0 Å². The molecule has 0 aromatic carbocycles. The molecule has 0 aliphatic rings. The van der Waals surface area contributed by atoms with Gasteiger partial charge < -0.3 is 15.4 Å². The number of nitrogens with two attached hydrogens (primary N) is 1. The van der Waals surface area contributed by atoms with Crippen molar-refractivity contribution in [2.45, 2.75) is 38.8 Å². The summed E-state index contributed by atoms with van der Waals surface area (Å²) in [7, 11) is 3.01. The van der Waals surface area contributed by atoms with Crippen LogP contribution in [0, 0.1) is 5.92 Å². The molecule has 3 atom stereocenters. The summed E-state index contributed by atoms with van der Waals surface area (Å²) in [5, 5.41) is 0. The molecule has 104 valence electrons. The maximum atomic E-state index is 12.2. The Morgan fingerprint density at radius 3 is 2.39 bits per heavy atom. The molecule has 0 aliphatic carbocycles. The smallest absolute Gasteiger partial charge is 0.306 e. The maximum Gasteiger partial charge on any atom is 0.306 e. The summed E-state index contributed by atoms with van der Waals surface area (Å²) in [6, 6.07) is -0.205. The molecule has 0 saturated heterocycles. The van der Waals surface area contributed by atoms with Crippen LogP contribution in [0.3, 0.4) is 0 Å². The fraction of sp³-hybridized carbons (Fsp3) is 0.692. The van der Waals surface area contributed by atoms with Gasteiger partial charge in [-0.05, 0) is 20.3 Å². The molecule has 0 radical (unpaired) electrons. The maximum absolute atomic E-state index is 12.2. The van der Waals surface area contributed by atoms with Crippen molar-refractivity contribution in [3.8, 4) is 0 Å². The average Bonchev–Trinajstić information content (AvgIpc) is 2.35. The van der Waals surface area contributed by atoms with Gasteiger partial charge in [0.05, 0.1) is 19.4 Å². The fourth-order valence-electron chi connectivity index (χ4n) is 1.60. The van der Waals surface area contributed by atoms with E-state index in [0.29, 0.717) is 6.42 Å². The molecule has 0 rings (SSSR count). The number of allylic oxidation sites excluding steroid dienone is 1. The fourth-order valence-corrected chi connectivity index (χ4v) is 1.60. The van der Waals surface area contributed by atoms with Crippen molar-refractivity contribution in [3.63, 3.8) is 0 Å². The number of carbonyl (C=O) groups excluding carboxylic acids is 2. The Bertz CT molecular complexity index is 303. The molecular weight excluding hydrogens is 232 g/mol. The number of hydrogen-bond acceptors (Lipinski definition) is 4. The minimum absolute atomic E-state index is 0.0668.